The summed E-state index contributed by atoms with van der Waals surface area (Å²) >= 11 is 1.81. The third-order valence-electron chi connectivity index (χ3n) is 3.77. The summed E-state index contributed by atoms with van der Waals surface area (Å²) in [5.74, 6) is 0.992. The van der Waals surface area contributed by atoms with Crippen LogP contribution in [0.15, 0.2) is 39.9 Å². The van der Waals surface area contributed by atoms with E-state index in [-0.39, 0.29) is 34.5 Å². The molecule has 0 saturated carbocycles. The molecular formula is C18H26FIN4OS. The molecule has 2 rings (SSSR count). The molecule has 5 nitrogen and oxygen atoms in total. The number of halogens is 2. The molecular weight excluding hydrogens is 466 g/mol. The van der Waals surface area contributed by atoms with Crippen molar-refractivity contribution >= 4 is 41.7 Å². The van der Waals surface area contributed by atoms with E-state index in [1.165, 1.54) is 12.1 Å². The van der Waals surface area contributed by atoms with E-state index in [1.807, 2.05) is 11.8 Å². The van der Waals surface area contributed by atoms with E-state index in [9.17, 15) is 4.39 Å². The Morgan fingerprint density at radius 3 is 2.58 bits per heavy atom. The Balaban J connectivity index is 0.00000338. The molecule has 8 heteroatoms. The fourth-order valence-corrected chi connectivity index (χ4v) is 2.26. The molecule has 26 heavy (non-hydrogen) atoms. The number of hydrogen-bond acceptors (Lipinski definition) is 4. The molecule has 0 atom stereocenters. The Morgan fingerprint density at radius 2 is 1.96 bits per heavy atom. The predicted molar refractivity (Wildman–Crippen MR) is 118 cm³/mol. The summed E-state index contributed by atoms with van der Waals surface area (Å²) in [6, 6.07) is 6.10. The quantitative estimate of drug-likeness (QED) is 0.348. The van der Waals surface area contributed by atoms with Gasteiger partial charge in [-0.15, -0.1) is 24.0 Å². The predicted octanol–water partition coefficient (Wildman–Crippen LogP) is 3.95. The number of nitrogens with zero attached hydrogens (tertiary/aromatic N) is 2. The minimum Gasteiger partial charge on any atom is -0.444 e. The van der Waals surface area contributed by atoms with Crippen LogP contribution in [0.1, 0.15) is 19.5 Å². The number of benzene rings is 1. The molecule has 0 bridgehead atoms. The molecule has 1 aromatic carbocycles. The van der Waals surface area contributed by atoms with Crippen molar-refractivity contribution < 1.29 is 8.81 Å². The maximum Gasteiger partial charge on any atom is 0.226 e. The molecule has 2 N–H and O–H groups in total. The Labute approximate surface area is 175 Å². The van der Waals surface area contributed by atoms with Crippen molar-refractivity contribution in [3.63, 3.8) is 0 Å². The van der Waals surface area contributed by atoms with Crippen LogP contribution < -0.4 is 10.6 Å². The fraction of sp³-hybridized carbons (Fsp3) is 0.444. The second-order valence-corrected chi connectivity index (χ2v) is 7.73. The Bertz CT molecular complexity index is 703. The number of guanidine groups is 1. The summed E-state index contributed by atoms with van der Waals surface area (Å²) in [5, 5.41) is 6.59. The van der Waals surface area contributed by atoms with Gasteiger partial charge in [0.15, 0.2) is 5.96 Å². The molecule has 0 fully saturated rings. The highest BCUT2D eigenvalue weighted by Crippen LogP contribution is 2.20. The first-order valence-corrected chi connectivity index (χ1v) is 9.36. The monoisotopic (exact) mass is 492 g/mol. The lowest BCUT2D eigenvalue weighted by Gasteiger charge is -2.23. The van der Waals surface area contributed by atoms with E-state index in [1.54, 1.807) is 25.4 Å². The third kappa shape index (κ3) is 7.14. The number of aliphatic imine (C=N–C) groups is 1. The van der Waals surface area contributed by atoms with Gasteiger partial charge >= 0.3 is 0 Å². The summed E-state index contributed by atoms with van der Waals surface area (Å²) in [6.45, 7) is 5.88. The van der Waals surface area contributed by atoms with E-state index in [4.69, 9.17) is 4.42 Å². The zero-order valence-corrected chi connectivity index (χ0v) is 18.7. The molecule has 0 aliphatic heterocycles. The number of nitrogens with one attached hydrogen (secondary N) is 2. The van der Waals surface area contributed by atoms with Crippen LogP contribution in [0, 0.1) is 5.82 Å². The molecule has 0 amide bonds. The first-order chi connectivity index (χ1) is 11.9. The van der Waals surface area contributed by atoms with Crippen molar-refractivity contribution in [2.24, 2.45) is 4.99 Å². The maximum absolute atomic E-state index is 13.0. The van der Waals surface area contributed by atoms with Crippen LogP contribution in [0.4, 0.5) is 4.39 Å². The molecule has 0 radical (unpaired) electrons. The van der Waals surface area contributed by atoms with Gasteiger partial charge in [0.25, 0.3) is 0 Å². The van der Waals surface area contributed by atoms with E-state index in [0.717, 1.165) is 23.8 Å². The van der Waals surface area contributed by atoms with Crippen LogP contribution in [0.5, 0.6) is 0 Å². The van der Waals surface area contributed by atoms with Gasteiger partial charge < -0.3 is 15.1 Å². The first kappa shape index (κ1) is 22.8. The standard InChI is InChI=1S/C18H25FN4OS.HI/c1-18(2,25-4)12-22-17(20-3)21-10-9-15-11-24-16(23-15)13-5-7-14(19)8-6-13;/h5-8,11H,9-10,12H2,1-4H3,(H2,20,21,22);1H. The molecule has 0 spiro atoms. The van der Waals surface area contributed by atoms with Crippen molar-refractivity contribution in [1.82, 2.24) is 15.6 Å². The zero-order valence-electron chi connectivity index (χ0n) is 15.5. The average Bonchev–Trinajstić information content (AvgIpc) is 3.07. The molecule has 0 aliphatic carbocycles. The van der Waals surface area contributed by atoms with Gasteiger partial charge in [-0.25, -0.2) is 9.37 Å². The molecule has 2 aromatic rings. The van der Waals surface area contributed by atoms with Crippen molar-refractivity contribution in [2.75, 3.05) is 26.4 Å². The summed E-state index contributed by atoms with van der Waals surface area (Å²) in [5.41, 5.74) is 1.60. The van der Waals surface area contributed by atoms with Gasteiger partial charge in [0.05, 0.1) is 5.69 Å². The topological polar surface area (TPSA) is 62.5 Å². The normalized spacial score (nSPS) is 11.8. The van der Waals surface area contributed by atoms with E-state index < -0.39 is 0 Å². The molecule has 1 aromatic heterocycles. The maximum atomic E-state index is 13.0. The van der Waals surface area contributed by atoms with Crippen LogP contribution >= 0.6 is 35.7 Å². The lowest BCUT2D eigenvalue weighted by atomic mass is 10.2. The second-order valence-electron chi connectivity index (χ2n) is 6.22. The first-order valence-electron chi connectivity index (χ1n) is 8.13. The van der Waals surface area contributed by atoms with Crippen molar-refractivity contribution in [3.05, 3.63) is 42.0 Å². The molecule has 144 valence electrons. The van der Waals surface area contributed by atoms with E-state index in [0.29, 0.717) is 18.9 Å². The van der Waals surface area contributed by atoms with Crippen LogP contribution in [0.2, 0.25) is 0 Å². The molecule has 0 aliphatic rings. The van der Waals surface area contributed by atoms with Crippen molar-refractivity contribution in [3.8, 4) is 11.5 Å². The number of rotatable bonds is 7. The van der Waals surface area contributed by atoms with E-state index >= 15 is 0 Å². The highest BCUT2D eigenvalue weighted by Gasteiger charge is 2.16. The van der Waals surface area contributed by atoms with Crippen molar-refractivity contribution in [1.29, 1.82) is 0 Å². The largest absolute Gasteiger partial charge is 0.444 e. The summed E-state index contributed by atoms with van der Waals surface area (Å²) in [7, 11) is 1.75. The highest BCUT2D eigenvalue weighted by atomic mass is 127. The van der Waals surface area contributed by atoms with Crippen LogP contribution in [0.25, 0.3) is 11.5 Å². The van der Waals surface area contributed by atoms with Crippen LogP contribution in [0.3, 0.4) is 0 Å². The van der Waals surface area contributed by atoms with Crippen molar-refractivity contribution in [2.45, 2.75) is 25.0 Å². The summed E-state index contributed by atoms with van der Waals surface area (Å²) in [6.07, 6.45) is 4.44. The van der Waals surface area contributed by atoms with Gasteiger partial charge in [0.1, 0.15) is 12.1 Å². The van der Waals surface area contributed by atoms with Gasteiger partial charge in [0.2, 0.25) is 5.89 Å². The van der Waals surface area contributed by atoms with Crippen LogP contribution in [-0.2, 0) is 6.42 Å². The molecule has 1 heterocycles. The summed E-state index contributed by atoms with van der Waals surface area (Å²) < 4.78 is 18.6. The lowest BCUT2D eigenvalue weighted by Crippen LogP contribution is -2.43. The molecule has 0 saturated heterocycles. The molecule has 0 unspecified atom stereocenters. The highest BCUT2D eigenvalue weighted by molar-refractivity contribution is 14.0. The number of thioether (sulfide) groups is 1. The number of oxazole rings is 1. The van der Waals surface area contributed by atoms with Gasteiger partial charge in [0, 0.05) is 36.9 Å². The van der Waals surface area contributed by atoms with Gasteiger partial charge in [-0.3, -0.25) is 4.99 Å². The average molecular weight is 492 g/mol. The Morgan fingerprint density at radius 1 is 1.27 bits per heavy atom. The number of aromatic nitrogens is 1. The van der Waals surface area contributed by atoms with Gasteiger partial charge in [-0.05, 0) is 44.4 Å². The Hall–Kier alpha value is -1.29. The number of hydrogen-bond donors (Lipinski definition) is 2. The second kappa shape index (κ2) is 10.8. The minimum atomic E-state index is -0.275. The SMILES string of the molecule is CN=C(NCCc1coc(-c2ccc(F)cc2)n1)NCC(C)(C)SC.I. The van der Waals surface area contributed by atoms with Gasteiger partial charge in [-0.1, -0.05) is 0 Å². The van der Waals surface area contributed by atoms with Gasteiger partial charge in [-0.2, -0.15) is 11.8 Å². The minimum absolute atomic E-state index is 0. The zero-order chi connectivity index (χ0) is 18.3. The lowest BCUT2D eigenvalue weighted by molar-refractivity contribution is 0.571. The summed E-state index contributed by atoms with van der Waals surface area (Å²) in [4.78, 5) is 8.66. The Kier molecular flexibility index (Phi) is 9.42. The third-order valence-corrected chi connectivity index (χ3v) is 5.02. The smallest absolute Gasteiger partial charge is 0.226 e. The van der Waals surface area contributed by atoms with E-state index in [2.05, 4.69) is 40.7 Å². The van der Waals surface area contributed by atoms with Crippen LogP contribution in [-0.4, -0.2) is 42.1 Å². The fourth-order valence-electron chi connectivity index (χ4n) is 2.05.